The van der Waals surface area contributed by atoms with E-state index in [4.69, 9.17) is 0 Å². The van der Waals surface area contributed by atoms with Crippen LogP contribution in [0.5, 0.6) is 0 Å². The highest BCUT2D eigenvalue weighted by Gasteiger charge is 2.34. The van der Waals surface area contributed by atoms with Gasteiger partial charge in [-0.15, -0.1) is 0 Å². The van der Waals surface area contributed by atoms with Crippen molar-refractivity contribution in [1.82, 2.24) is 8.61 Å². The minimum Gasteiger partial charge on any atom is -0.207 e. The van der Waals surface area contributed by atoms with E-state index in [2.05, 4.69) is 15.9 Å². The third-order valence-electron chi connectivity index (χ3n) is 4.39. The average molecular weight is 477 g/mol. The van der Waals surface area contributed by atoms with Gasteiger partial charge in [-0.25, -0.2) is 21.2 Å². The third-order valence-corrected chi connectivity index (χ3v) is 8.83. The quantitative estimate of drug-likeness (QED) is 0.679. The van der Waals surface area contributed by atoms with E-state index in [1.165, 1.54) is 39.8 Å². The SMILES string of the molecule is Cc1cc(F)ccc1S(=O)(=O)N1CCN(S(=O)(=O)c2cccc(Br)c2)CC1. The molecule has 0 bridgehead atoms. The van der Waals surface area contributed by atoms with Crippen molar-refractivity contribution in [3.63, 3.8) is 0 Å². The zero-order chi connectivity index (χ0) is 19.8. The van der Waals surface area contributed by atoms with Gasteiger partial charge in [0.2, 0.25) is 20.0 Å². The molecule has 0 atom stereocenters. The number of piperazine rings is 1. The van der Waals surface area contributed by atoms with E-state index in [0.29, 0.717) is 10.0 Å². The fraction of sp³-hybridized carbons (Fsp3) is 0.294. The monoisotopic (exact) mass is 476 g/mol. The lowest BCUT2D eigenvalue weighted by Crippen LogP contribution is -2.50. The maximum Gasteiger partial charge on any atom is 0.243 e. The van der Waals surface area contributed by atoms with Gasteiger partial charge in [-0.05, 0) is 48.9 Å². The fourth-order valence-electron chi connectivity index (χ4n) is 2.97. The van der Waals surface area contributed by atoms with Crippen molar-refractivity contribution in [2.45, 2.75) is 16.7 Å². The number of hydrogen-bond acceptors (Lipinski definition) is 4. The number of halogens is 2. The van der Waals surface area contributed by atoms with Gasteiger partial charge >= 0.3 is 0 Å². The summed E-state index contributed by atoms with van der Waals surface area (Å²) in [6, 6.07) is 9.90. The van der Waals surface area contributed by atoms with Crippen LogP contribution in [0.3, 0.4) is 0 Å². The van der Waals surface area contributed by atoms with Crippen LogP contribution in [-0.4, -0.2) is 51.6 Å². The number of rotatable bonds is 4. The summed E-state index contributed by atoms with van der Waals surface area (Å²) in [6.45, 7) is 1.70. The van der Waals surface area contributed by atoms with Gasteiger partial charge in [-0.2, -0.15) is 8.61 Å². The summed E-state index contributed by atoms with van der Waals surface area (Å²) >= 11 is 3.25. The second kappa shape index (κ2) is 7.59. The standard InChI is InChI=1S/C17H18BrFN2O4S2/c1-13-11-15(19)5-6-17(13)27(24,25)21-9-7-20(8-10-21)26(22,23)16-4-2-3-14(18)12-16/h2-6,11-12H,7-10H2,1H3. The molecule has 0 saturated carbocycles. The van der Waals surface area contributed by atoms with Gasteiger partial charge in [-0.1, -0.05) is 22.0 Å². The van der Waals surface area contributed by atoms with Crippen molar-refractivity contribution in [2.24, 2.45) is 0 Å². The summed E-state index contributed by atoms with van der Waals surface area (Å²) in [7, 11) is -7.51. The van der Waals surface area contributed by atoms with Gasteiger partial charge in [0, 0.05) is 30.7 Å². The summed E-state index contributed by atoms with van der Waals surface area (Å²) in [5, 5.41) is 0. The Morgan fingerprint density at radius 2 is 1.48 bits per heavy atom. The van der Waals surface area contributed by atoms with Crippen LogP contribution >= 0.6 is 15.9 Å². The second-order valence-electron chi connectivity index (χ2n) is 6.18. The number of sulfonamides is 2. The van der Waals surface area contributed by atoms with E-state index in [-0.39, 0.29) is 36.0 Å². The first-order valence-electron chi connectivity index (χ1n) is 8.14. The Bertz CT molecular complexity index is 1070. The van der Waals surface area contributed by atoms with Crippen LogP contribution in [0.15, 0.2) is 56.7 Å². The number of hydrogen-bond donors (Lipinski definition) is 0. The van der Waals surface area contributed by atoms with Gasteiger partial charge in [-0.3, -0.25) is 0 Å². The van der Waals surface area contributed by atoms with Crippen LogP contribution in [0.1, 0.15) is 5.56 Å². The van der Waals surface area contributed by atoms with Gasteiger partial charge in [0.25, 0.3) is 0 Å². The Morgan fingerprint density at radius 1 is 0.889 bits per heavy atom. The van der Waals surface area contributed by atoms with E-state index in [0.717, 1.165) is 6.07 Å². The molecule has 0 aromatic heterocycles. The highest BCUT2D eigenvalue weighted by molar-refractivity contribution is 9.10. The van der Waals surface area contributed by atoms with Gasteiger partial charge < -0.3 is 0 Å². The van der Waals surface area contributed by atoms with E-state index in [9.17, 15) is 21.2 Å². The van der Waals surface area contributed by atoms with E-state index in [1.807, 2.05) is 0 Å². The summed E-state index contributed by atoms with van der Waals surface area (Å²) in [5.41, 5.74) is 0.319. The molecule has 1 aliphatic rings. The molecule has 0 unspecified atom stereocenters. The lowest BCUT2D eigenvalue weighted by Gasteiger charge is -2.33. The molecule has 3 rings (SSSR count). The summed E-state index contributed by atoms with van der Waals surface area (Å²) in [5.74, 6) is -0.503. The largest absolute Gasteiger partial charge is 0.243 e. The fourth-order valence-corrected chi connectivity index (χ4v) is 6.62. The number of aryl methyl sites for hydroxylation is 1. The van der Waals surface area contributed by atoms with Crippen LogP contribution in [0, 0.1) is 12.7 Å². The Morgan fingerprint density at radius 3 is 2.04 bits per heavy atom. The van der Waals surface area contributed by atoms with Gasteiger partial charge in [0.1, 0.15) is 5.82 Å². The Balaban J connectivity index is 1.79. The van der Waals surface area contributed by atoms with E-state index in [1.54, 1.807) is 12.1 Å². The minimum absolute atomic E-state index is 0.0341. The summed E-state index contributed by atoms with van der Waals surface area (Å²) < 4.78 is 67.6. The lowest BCUT2D eigenvalue weighted by molar-refractivity contribution is 0.272. The topological polar surface area (TPSA) is 74.8 Å². The summed E-state index contributed by atoms with van der Waals surface area (Å²) in [4.78, 5) is 0.190. The van der Waals surface area contributed by atoms with Crippen LogP contribution in [0.2, 0.25) is 0 Å². The van der Waals surface area contributed by atoms with E-state index >= 15 is 0 Å². The van der Waals surface area contributed by atoms with Crippen molar-refractivity contribution in [3.8, 4) is 0 Å². The third kappa shape index (κ3) is 4.09. The maximum atomic E-state index is 13.3. The zero-order valence-electron chi connectivity index (χ0n) is 14.5. The van der Waals surface area contributed by atoms with Crippen LogP contribution in [0.4, 0.5) is 4.39 Å². The molecule has 1 saturated heterocycles. The van der Waals surface area contributed by atoms with Crippen molar-refractivity contribution in [3.05, 3.63) is 58.3 Å². The highest BCUT2D eigenvalue weighted by atomic mass is 79.9. The van der Waals surface area contributed by atoms with Crippen LogP contribution in [-0.2, 0) is 20.0 Å². The number of benzene rings is 2. The van der Waals surface area contributed by atoms with Crippen molar-refractivity contribution < 1.29 is 21.2 Å². The Hall–Kier alpha value is -1.33. The molecular formula is C17H18BrFN2O4S2. The zero-order valence-corrected chi connectivity index (χ0v) is 17.7. The normalized spacial score (nSPS) is 17.1. The minimum atomic E-state index is -3.81. The number of nitrogens with zero attached hydrogens (tertiary/aromatic N) is 2. The molecule has 10 heteroatoms. The molecule has 0 radical (unpaired) electrons. The molecule has 2 aromatic rings. The predicted octanol–water partition coefficient (Wildman–Crippen LogP) is 2.59. The van der Waals surface area contributed by atoms with Gasteiger partial charge in [0.15, 0.2) is 0 Å². The molecule has 0 aliphatic carbocycles. The molecule has 146 valence electrons. The van der Waals surface area contributed by atoms with Crippen molar-refractivity contribution in [1.29, 1.82) is 0 Å². The molecule has 1 heterocycles. The predicted molar refractivity (Wildman–Crippen MR) is 103 cm³/mol. The lowest BCUT2D eigenvalue weighted by atomic mass is 10.2. The second-order valence-corrected chi connectivity index (χ2v) is 10.9. The molecule has 6 nitrogen and oxygen atoms in total. The van der Waals surface area contributed by atoms with Crippen LogP contribution < -0.4 is 0 Å². The molecular weight excluding hydrogens is 459 g/mol. The van der Waals surface area contributed by atoms with Crippen molar-refractivity contribution in [2.75, 3.05) is 26.2 Å². The van der Waals surface area contributed by atoms with Crippen molar-refractivity contribution >= 4 is 36.0 Å². The highest BCUT2D eigenvalue weighted by Crippen LogP contribution is 2.25. The molecule has 0 spiro atoms. The maximum absolute atomic E-state index is 13.3. The first-order chi connectivity index (χ1) is 12.6. The Labute approximate surface area is 166 Å². The molecule has 0 N–H and O–H groups in total. The van der Waals surface area contributed by atoms with Crippen LogP contribution in [0.25, 0.3) is 0 Å². The average Bonchev–Trinajstić information content (AvgIpc) is 2.61. The van der Waals surface area contributed by atoms with E-state index < -0.39 is 25.9 Å². The smallest absolute Gasteiger partial charge is 0.207 e. The first kappa shape index (κ1) is 20.4. The molecule has 1 aliphatic heterocycles. The summed E-state index contributed by atoms with van der Waals surface area (Å²) in [6.07, 6.45) is 0. The first-order valence-corrected chi connectivity index (χ1v) is 11.8. The molecule has 2 aromatic carbocycles. The van der Waals surface area contributed by atoms with Gasteiger partial charge in [0.05, 0.1) is 9.79 Å². The molecule has 27 heavy (non-hydrogen) atoms. The molecule has 0 amide bonds. The molecule has 1 fully saturated rings. The Kier molecular flexibility index (Phi) is 5.74.